The van der Waals surface area contributed by atoms with E-state index in [2.05, 4.69) is 0 Å². The molecule has 9 saturated heterocycles. The molecule has 0 aromatic rings. The van der Waals surface area contributed by atoms with Crippen molar-refractivity contribution in [2.45, 2.75) is 309 Å². The molecular weight excluding hydrogens is 1480 g/mol. The van der Waals surface area contributed by atoms with E-state index in [0.29, 0.717) is 19.3 Å². The van der Waals surface area contributed by atoms with Crippen LogP contribution in [0.2, 0.25) is 0 Å². The second-order valence-electron chi connectivity index (χ2n) is 27.8. The van der Waals surface area contributed by atoms with Crippen LogP contribution in [0.1, 0.15) is 33.1 Å². The van der Waals surface area contributed by atoms with Gasteiger partial charge in [-0.05, 0) is 26.3 Å². The van der Waals surface area contributed by atoms with Crippen LogP contribution < -0.4 is 5.73 Å². The number of nitrogens with two attached hydrogens (primary N) is 1. The van der Waals surface area contributed by atoms with Crippen LogP contribution in [0.3, 0.4) is 0 Å². The highest BCUT2D eigenvalue weighted by atomic mass is 16.8. The van der Waals surface area contributed by atoms with Crippen LogP contribution in [0.15, 0.2) is 0 Å². The third-order valence-electron chi connectivity index (χ3n) is 20.4. The molecule has 46 heteroatoms. The average Bonchev–Trinajstić information content (AvgIpc) is 0.774. The van der Waals surface area contributed by atoms with Crippen LogP contribution in [0.4, 0.5) is 0 Å². The predicted molar refractivity (Wildman–Crippen MR) is 337 cm³/mol. The Labute approximate surface area is 615 Å². The summed E-state index contributed by atoms with van der Waals surface area (Å²) in [5.41, 5.74) is 5.54. The Kier molecular flexibility index (Phi) is 34.1. The normalized spacial score (nSPS) is 50.6. The van der Waals surface area contributed by atoms with Gasteiger partial charge in [0.05, 0.1) is 65.6 Å². The molecule has 0 saturated carbocycles. The monoisotopic (exact) mass is 1590 g/mol. The van der Waals surface area contributed by atoms with Gasteiger partial charge in [-0.1, -0.05) is 13.3 Å². The summed E-state index contributed by atoms with van der Waals surface area (Å²) in [5.74, 6) is 0. The van der Waals surface area contributed by atoms with Crippen LogP contribution in [0.25, 0.3) is 0 Å². The fraction of sp³-hybridized carbons (Fsp3) is 1.00. The summed E-state index contributed by atoms with van der Waals surface area (Å²) < 4.78 is 110. The fourth-order valence-corrected chi connectivity index (χ4v) is 14.0. The second kappa shape index (κ2) is 40.8. The number of aliphatic hydroxyl groups excluding tert-OH is 26. The Morgan fingerprint density at radius 3 is 0.880 bits per heavy atom. The lowest BCUT2D eigenvalue weighted by Crippen LogP contribution is -2.69. The lowest BCUT2D eigenvalue weighted by atomic mass is 9.94. The molecule has 0 radical (unpaired) electrons. The quantitative estimate of drug-likeness (QED) is 0.0271. The SMILES string of the molecule is CCCCOCC1OC(OC2C(O)C(C)OC(CO)C2O)C(O)C(OC2OC(CO)C(O)C(OC3OC(COC4OC(CO)C(O)C(OC5OC(CO)C(O)C(OC6OC(CO)C(OCCCN)C(O)C6O)C5O)C4O)C(O)C(OC4OC(CO)C(O)C(OC5OC(CO)C(O)C(O)C5O)C4O)C3O)C2O)C1O. The van der Waals surface area contributed by atoms with Gasteiger partial charge in [0.2, 0.25) is 0 Å². The largest absolute Gasteiger partial charge is 0.394 e. The van der Waals surface area contributed by atoms with Gasteiger partial charge >= 0.3 is 0 Å². The third-order valence-corrected chi connectivity index (χ3v) is 20.4. The molecule has 0 amide bonds. The van der Waals surface area contributed by atoms with E-state index in [-0.39, 0.29) is 19.8 Å². The second-order valence-corrected chi connectivity index (χ2v) is 27.8. The molecule has 46 nitrogen and oxygen atoms in total. The Bertz CT molecular complexity index is 2610. The van der Waals surface area contributed by atoms with Crippen LogP contribution >= 0.6 is 0 Å². The van der Waals surface area contributed by atoms with Gasteiger partial charge in [-0.3, -0.25) is 0 Å². The molecular formula is C62H109NO45. The van der Waals surface area contributed by atoms with Crippen LogP contribution in [0, 0.1) is 0 Å². The van der Waals surface area contributed by atoms with E-state index in [1.807, 2.05) is 6.92 Å². The van der Waals surface area contributed by atoms with Crippen LogP contribution in [-0.2, 0) is 90.0 Å². The zero-order valence-electron chi connectivity index (χ0n) is 58.5. The third kappa shape index (κ3) is 19.9. The zero-order valence-corrected chi connectivity index (χ0v) is 58.5. The predicted octanol–water partition coefficient (Wildman–Crippen LogP) is -17.4. The summed E-state index contributed by atoms with van der Waals surface area (Å²) in [6.45, 7) is -4.99. The maximum atomic E-state index is 12.3. The fourth-order valence-electron chi connectivity index (χ4n) is 14.0. The van der Waals surface area contributed by atoms with Crippen molar-refractivity contribution in [2.75, 3.05) is 79.2 Å². The van der Waals surface area contributed by atoms with Crippen molar-refractivity contribution in [3.8, 4) is 0 Å². The summed E-state index contributed by atoms with van der Waals surface area (Å²) >= 11 is 0. The molecule has 0 aromatic heterocycles. The number of hydrogen-bond acceptors (Lipinski definition) is 46. The molecule has 0 aliphatic carbocycles. The van der Waals surface area contributed by atoms with Crippen molar-refractivity contribution < 1.29 is 223 Å². The first kappa shape index (κ1) is 90.1. The summed E-state index contributed by atoms with van der Waals surface area (Å²) in [7, 11) is 0. The highest BCUT2D eigenvalue weighted by Gasteiger charge is 2.60. The Hall–Kier alpha value is -1.84. The van der Waals surface area contributed by atoms with Crippen molar-refractivity contribution in [1.29, 1.82) is 0 Å². The number of unbranched alkanes of at least 4 members (excludes halogenated alkanes) is 1. The minimum Gasteiger partial charge on any atom is -0.394 e. The molecule has 45 unspecified atom stereocenters. The van der Waals surface area contributed by atoms with E-state index in [1.54, 1.807) is 0 Å². The maximum absolute atomic E-state index is 12.3. The minimum absolute atomic E-state index is 0.0303. The average molecular weight is 1590 g/mol. The summed E-state index contributed by atoms with van der Waals surface area (Å²) in [6.07, 6.45) is -88.1. The number of aliphatic hydroxyl groups is 26. The molecule has 0 spiro atoms. The molecule has 45 atom stereocenters. The van der Waals surface area contributed by atoms with E-state index < -0.39 is 336 Å². The minimum atomic E-state index is -2.51. The van der Waals surface area contributed by atoms with Crippen LogP contribution in [-0.4, -0.2) is 488 Å². The molecule has 0 aromatic carbocycles. The van der Waals surface area contributed by atoms with Crippen molar-refractivity contribution >= 4 is 0 Å². The summed E-state index contributed by atoms with van der Waals surface area (Å²) in [5, 5.41) is 290. The van der Waals surface area contributed by atoms with E-state index in [9.17, 15) is 133 Å². The molecule has 9 aliphatic heterocycles. The van der Waals surface area contributed by atoms with Gasteiger partial charge in [0.1, 0.15) is 220 Å². The molecule has 108 heavy (non-hydrogen) atoms. The number of hydrogen-bond donors (Lipinski definition) is 27. The summed E-state index contributed by atoms with van der Waals surface area (Å²) in [4.78, 5) is 0. The molecule has 632 valence electrons. The molecule has 9 aliphatic rings. The lowest BCUT2D eigenvalue weighted by Gasteiger charge is -2.50. The number of rotatable bonds is 33. The van der Waals surface area contributed by atoms with E-state index in [1.165, 1.54) is 6.92 Å². The highest BCUT2D eigenvalue weighted by Crippen LogP contribution is 2.40. The molecule has 9 fully saturated rings. The first-order valence-corrected chi connectivity index (χ1v) is 35.7. The van der Waals surface area contributed by atoms with Gasteiger partial charge in [0.15, 0.2) is 50.3 Å². The van der Waals surface area contributed by atoms with Crippen LogP contribution in [0.5, 0.6) is 0 Å². The van der Waals surface area contributed by atoms with Crippen molar-refractivity contribution in [3.63, 3.8) is 0 Å². The molecule has 9 rings (SSSR count). The first-order chi connectivity index (χ1) is 51.5. The number of ether oxygens (including phenoxy) is 19. The van der Waals surface area contributed by atoms with Gasteiger partial charge in [-0.2, -0.15) is 0 Å². The Morgan fingerprint density at radius 1 is 0.250 bits per heavy atom. The van der Waals surface area contributed by atoms with Crippen molar-refractivity contribution in [2.24, 2.45) is 5.73 Å². The maximum Gasteiger partial charge on any atom is 0.187 e. The van der Waals surface area contributed by atoms with Crippen molar-refractivity contribution in [3.05, 3.63) is 0 Å². The summed E-state index contributed by atoms with van der Waals surface area (Å²) in [6, 6.07) is 0. The molecule has 28 N–H and O–H groups in total. The molecule has 9 heterocycles. The Morgan fingerprint density at radius 2 is 0.528 bits per heavy atom. The van der Waals surface area contributed by atoms with Gasteiger partial charge in [0.25, 0.3) is 0 Å². The zero-order chi connectivity index (χ0) is 79.0. The van der Waals surface area contributed by atoms with Gasteiger partial charge in [-0.25, -0.2) is 0 Å². The Balaban J connectivity index is 0.983. The van der Waals surface area contributed by atoms with Gasteiger partial charge in [-0.15, -0.1) is 0 Å². The highest BCUT2D eigenvalue weighted by molar-refractivity contribution is 5.03. The molecule has 0 bridgehead atoms. The topological polar surface area (TPSA) is 727 Å². The first-order valence-electron chi connectivity index (χ1n) is 35.7. The van der Waals surface area contributed by atoms with Crippen molar-refractivity contribution in [1.82, 2.24) is 0 Å². The van der Waals surface area contributed by atoms with Gasteiger partial charge in [0, 0.05) is 13.2 Å². The van der Waals surface area contributed by atoms with E-state index in [0.717, 1.165) is 0 Å². The smallest absolute Gasteiger partial charge is 0.187 e. The standard InChI is InChI=1S/C62H109NO45/c1-3-4-7-90-16-26-35(78)53(45(88)61(100-26)102-48-28(71)18(2)93-20(10-65)30(48)73)107-60-44(87)52(34(77)24(14-69)98-60)106-62-46(89)54(108-59-42(85)50(32(75)22(12-67)97-59)103-56-39(82)37(80)29(72)19(9-64)95-56)36(79)27(101-62)17-92-55-41(84)49(31(74)21(11-66)94-55)105-58-43(86)51(33(76)23(13-68)96-58)104-57-40(83)38(81)47(25(15-70)99-57)91-8-5-6-63/h18-62,64-89H,3-17,63H2,1-2H3. The van der Waals surface area contributed by atoms with Gasteiger partial charge < -0.3 is 229 Å². The lowest BCUT2D eigenvalue weighted by molar-refractivity contribution is -0.401. The van der Waals surface area contributed by atoms with E-state index >= 15 is 0 Å². The van der Waals surface area contributed by atoms with E-state index in [4.69, 9.17) is 95.7 Å².